The van der Waals surface area contributed by atoms with Crippen LogP contribution in [0.2, 0.25) is 0 Å². The number of fused-ring (bicyclic) bond motifs is 1. The van der Waals surface area contributed by atoms with E-state index in [2.05, 4.69) is 5.32 Å². The molecule has 1 unspecified atom stereocenters. The average Bonchev–Trinajstić information content (AvgIpc) is 2.91. The number of hydrogen-bond acceptors (Lipinski definition) is 7. The molecule has 32 heavy (non-hydrogen) atoms. The van der Waals surface area contributed by atoms with E-state index in [0.717, 1.165) is 4.90 Å². The molecule has 0 radical (unpaired) electrons. The monoisotopic (exact) mass is 443 g/mol. The highest BCUT2D eigenvalue weighted by atomic mass is 16.6. The molecular weight excluding hydrogens is 418 g/mol. The van der Waals surface area contributed by atoms with Gasteiger partial charge in [0.15, 0.2) is 0 Å². The third-order valence-electron chi connectivity index (χ3n) is 5.51. The predicted molar refractivity (Wildman–Crippen MR) is 110 cm³/mol. The Hall–Kier alpha value is -3.43. The van der Waals surface area contributed by atoms with Gasteiger partial charge in [0.2, 0.25) is 11.8 Å². The van der Waals surface area contributed by atoms with Gasteiger partial charge in [-0.3, -0.25) is 29.4 Å². The van der Waals surface area contributed by atoms with Crippen molar-refractivity contribution in [1.82, 2.24) is 15.1 Å². The van der Waals surface area contributed by atoms with Crippen LogP contribution in [0.5, 0.6) is 5.75 Å². The predicted octanol–water partition coefficient (Wildman–Crippen LogP) is 1.33. The number of nitrogens with zero attached hydrogens (tertiary/aromatic N) is 2. The molecule has 3 heterocycles. The van der Waals surface area contributed by atoms with E-state index < -0.39 is 35.3 Å². The van der Waals surface area contributed by atoms with Crippen molar-refractivity contribution in [2.24, 2.45) is 5.92 Å². The van der Waals surface area contributed by atoms with E-state index in [1.54, 1.807) is 37.8 Å². The van der Waals surface area contributed by atoms with Crippen molar-refractivity contribution in [1.29, 1.82) is 0 Å². The lowest BCUT2D eigenvalue weighted by atomic mass is 10.0. The molecule has 3 aliphatic rings. The maximum atomic E-state index is 13.0. The molecule has 10 heteroatoms. The summed E-state index contributed by atoms with van der Waals surface area (Å²) in [7, 11) is 0. The smallest absolute Gasteiger partial charge is 0.410 e. The van der Waals surface area contributed by atoms with Gasteiger partial charge in [-0.05, 0) is 39.3 Å². The van der Waals surface area contributed by atoms with Gasteiger partial charge in [0.25, 0.3) is 11.8 Å². The number of amides is 5. The fraction of sp³-hybridized carbons (Fsp3) is 0.500. The van der Waals surface area contributed by atoms with Crippen LogP contribution < -0.4 is 10.1 Å². The Labute approximate surface area is 184 Å². The zero-order valence-corrected chi connectivity index (χ0v) is 18.2. The van der Waals surface area contributed by atoms with Gasteiger partial charge >= 0.3 is 6.09 Å². The molecule has 2 fully saturated rings. The molecule has 4 rings (SSSR count). The lowest BCUT2D eigenvalue weighted by Gasteiger charge is -2.39. The molecule has 0 spiro atoms. The van der Waals surface area contributed by atoms with Crippen molar-refractivity contribution < 1.29 is 33.4 Å². The van der Waals surface area contributed by atoms with E-state index in [1.807, 2.05) is 0 Å². The Kier molecular flexibility index (Phi) is 5.39. The third kappa shape index (κ3) is 4.04. The number of likely N-dealkylation sites (tertiary alicyclic amines) is 1. The first-order valence-corrected chi connectivity index (χ1v) is 10.5. The second-order valence-electron chi connectivity index (χ2n) is 9.19. The molecular formula is C22H25N3O7. The number of nitrogens with one attached hydrogen (secondary N) is 1. The quantitative estimate of drug-likeness (QED) is 0.697. The summed E-state index contributed by atoms with van der Waals surface area (Å²) in [5.74, 6) is -1.95. The molecule has 10 nitrogen and oxygen atoms in total. The highest BCUT2D eigenvalue weighted by Crippen LogP contribution is 2.34. The molecule has 0 aromatic heterocycles. The van der Waals surface area contributed by atoms with Crippen molar-refractivity contribution in [3.63, 3.8) is 0 Å². The van der Waals surface area contributed by atoms with Crippen molar-refractivity contribution in [3.05, 3.63) is 29.3 Å². The minimum absolute atomic E-state index is 0.0585. The first-order chi connectivity index (χ1) is 15.0. The van der Waals surface area contributed by atoms with Crippen molar-refractivity contribution in [2.45, 2.75) is 45.3 Å². The van der Waals surface area contributed by atoms with Crippen LogP contribution in [0, 0.1) is 5.92 Å². The minimum atomic E-state index is -1.03. The summed E-state index contributed by atoms with van der Waals surface area (Å²) in [6, 6.07) is 3.70. The Morgan fingerprint density at radius 3 is 2.50 bits per heavy atom. The van der Waals surface area contributed by atoms with E-state index >= 15 is 0 Å². The maximum Gasteiger partial charge on any atom is 0.410 e. The minimum Gasteiger partial charge on any atom is -0.492 e. The number of carbonyl (C=O) groups is 5. The summed E-state index contributed by atoms with van der Waals surface area (Å²) < 4.78 is 11.2. The number of carbonyl (C=O) groups excluding carboxylic acids is 5. The number of benzene rings is 1. The van der Waals surface area contributed by atoms with Crippen LogP contribution in [0.25, 0.3) is 0 Å². The topological polar surface area (TPSA) is 122 Å². The van der Waals surface area contributed by atoms with Crippen LogP contribution in [-0.2, 0) is 14.3 Å². The van der Waals surface area contributed by atoms with Crippen molar-refractivity contribution in [2.75, 3.05) is 19.7 Å². The van der Waals surface area contributed by atoms with Gasteiger partial charge < -0.3 is 14.4 Å². The number of imide groups is 2. The van der Waals surface area contributed by atoms with Gasteiger partial charge in [-0.1, -0.05) is 6.07 Å². The van der Waals surface area contributed by atoms with E-state index in [9.17, 15) is 24.0 Å². The molecule has 170 valence electrons. The molecule has 1 N–H and O–H groups in total. The van der Waals surface area contributed by atoms with Crippen LogP contribution >= 0.6 is 0 Å². The summed E-state index contributed by atoms with van der Waals surface area (Å²) in [4.78, 5) is 64.0. The van der Waals surface area contributed by atoms with E-state index in [4.69, 9.17) is 9.47 Å². The molecule has 1 aromatic rings. The SMILES string of the molecule is CC(C)(C)OC(=O)N1CC(COc2cccc3c2C(=O)N(C2CCC(=O)NC2=O)C3=O)C1. The standard InChI is InChI=1S/C22H25N3O7/c1-22(2,3)32-21(30)24-9-12(10-24)11-31-15-6-4-5-13-17(15)20(29)25(19(13)28)14-7-8-16(26)23-18(14)27/h4-6,12,14H,7-11H2,1-3H3,(H,23,26,27). The molecule has 1 aromatic carbocycles. The first kappa shape index (κ1) is 21.8. The molecule has 0 saturated carbocycles. The summed E-state index contributed by atoms with van der Waals surface area (Å²) in [5.41, 5.74) is -0.281. The van der Waals surface area contributed by atoms with Crippen molar-refractivity contribution in [3.8, 4) is 5.75 Å². The molecule has 0 aliphatic carbocycles. The van der Waals surface area contributed by atoms with Gasteiger partial charge in [0, 0.05) is 25.4 Å². The van der Waals surface area contributed by atoms with Crippen LogP contribution in [0.3, 0.4) is 0 Å². The fourth-order valence-electron chi connectivity index (χ4n) is 3.96. The molecule has 1 atom stereocenters. The first-order valence-electron chi connectivity index (χ1n) is 10.5. The Morgan fingerprint density at radius 2 is 1.84 bits per heavy atom. The van der Waals surface area contributed by atoms with Crippen LogP contribution in [-0.4, -0.2) is 70.9 Å². The van der Waals surface area contributed by atoms with Crippen LogP contribution in [0.15, 0.2) is 18.2 Å². The lowest BCUT2D eigenvalue weighted by Crippen LogP contribution is -2.54. The summed E-state index contributed by atoms with van der Waals surface area (Å²) in [6.07, 6.45) is -0.229. The van der Waals surface area contributed by atoms with Gasteiger partial charge in [-0.15, -0.1) is 0 Å². The second kappa shape index (κ2) is 7.92. The van der Waals surface area contributed by atoms with Gasteiger partial charge in [0.1, 0.15) is 17.4 Å². The summed E-state index contributed by atoms with van der Waals surface area (Å²) in [6.45, 7) is 6.61. The third-order valence-corrected chi connectivity index (χ3v) is 5.51. The largest absolute Gasteiger partial charge is 0.492 e. The van der Waals surface area contributed by atoms with Crippen LogP contribution in [0.1, 0.15) is 54.3 Å². The number of hydrogen-bond donors (Lipinski definition) is 1. The Morgan fingerprint density at radius 1 is 1.12 bits per heavy atom. The van der Waals surface area contributed by atoms with Crippen LogP contribution in [0.4, 0.5) is 4.79 Å². The summed E-state index contributed by atoms with van der Waals surface area (Å²) >= 11 is 0. The van der Waals surface area contributed by atoms with E-state index in [1.165, 1.54) is 6.07 Å². The zero-order valence-electron chi connectivity index (χ0n) is 18.2. The number of rotatable bonds is 4. The van der Waals surface area contributed by atoms with Gasteiger partial charge in [-0.2, -0.15) is 0 Å². The average molecular weight is 443 g/mol. The van der Waals surface area contributed by atoms with Gasteiger partial charge in [0.05, 0.1) is 17.7 Å². The fourth-order valence-corrected chi connectivity index (χ4v) is 3.96. The molecule has 5 amide bonds. The lowest BCUT2D eigenvalue weighted by molar-refractivity contribution is -0.136. The van der Waals surface area contributed by atoms with Crippen molar-refractivity contribution >= 4 is 29.7 Å². The normalized spacial score (nSPS) is 21.3. The molecule has 0 bridgehead atoms. The highest BCUT2D eigenvalue weighted by Gasteiger charge is 2.46. The Balaban J connectivity index is 1.40. The summed E-state index contributed by atoms with van der Waals surface area (Å²) in [5, 5.41) is 2.17. The number of ether oxygens (including phenoxy) is 2. The van der Waals surface area contributed by atoms with E-state index in [-0.39, 0.29) is 48.3 Å². The molecule has 2 saturated heterocycles. The highest BCUT2D eigenvalue weighted by molar-refractivity contribution is 6.24. The second-order valence-corrected chi connectivity index (χ2v) is 9.19. The van der Waals surface area contributed by atoms with E-state index in [0.29, 0.717) is 13.1 Å². The number of piperidine rings is 1. The zero-order chi connectivity index (χ0) is 23.2. The molecule has 3 aliphatic heterocycles. The Bertz CT molecular complexity index is 1010. The maximum absolute atomic E-state index is 13.0. The van der Waals surface area contributed by atoms with Gasteiger partial charge in [-0.25, -0.2) is 4.79 Å².